The van der Waals surface area contributed by atoms with Crippen LogP contribution >= 0.6 is 24.0 Å². The van der Waals surface area contributed by atoms with Gasteiger partial charge < -0.3 is 5.32 Å². The van der Waals surface area contributed by atoms with Crippen molar-refractivity contribution in [2.24, 2.45) is 0 Å². The molecule has 1 radical (unpaired) electrons. The van der Waals surface area contributed by atoms with Gasteiger partial charge in [0.1, 0.15) is 4.32 Å². The average molecular weight is 313 g/mol. The van der Waals surface area contributed by atoms with Gasteiger partial charge in [0.25, 0.3) is 0 Å². The Kier molecular flexibility index (Phi) is 16.4. The summed E-state index contributed by atoms with van der Waals surface area (Å²) in [5.41, 5.74) is 0. The number of nitrogens with one attached hydrogen (secondary N) is 1. The van der Waals surface area contributed by atoms with Gasteiger partial charge in [0.05, 0.1) is 0 Å². The Labute approximate surface area is 107 Å². The molecule has 0 saturated carbocycles. The first-order valence-electron chi connectivity index (χ1n) is 4.71. The number of thioether (sulfide) groups is 1. The Morgan fingerprint density at radius 1 is 1.23 bits per heavy atom. The standard InChI is InChI=1S/C9H19NS2.Ag/c1-3-5-7-10-9(11)12-8-6-4-2;/h3-8H2,1-2H3,(H,10,11);. The molecule has 0 heterocycles. The Balaban J connectivity index is 0. The molecule has 0 aromatic heterocycles. The fraction of sp³-hybridized carbons (Fsp3) is 0.889. The molecular weight excluding hydrogens is 294 g/mol. The van der Waals surface area contributed by atoms with E-state index >= 15 is 0 Å². The van der Waals surface area contributed by atoms with E-state index in [1.807, 2.05) is 0 Å². The van der Waals surface area contributed by atoms with Crippen molar-refractivity contribution in [2.45, 2.75) is 39.5 Å². The number of unbranched alkanes of at least 4 members (excludes halogenated alkanes) is 2. The van der Waals surface area contributed by atoms with Gasteiger partial charge in [-0.15, -0.1) is 0 Å². The molecule has 4 heteroatoms. The van der Waals surface area contributed by atoms with Gasteiger partial charge in [0.15, 0.2) is 0 Å². The molecule has 0 aliphatic heterocycles. The number of hydrogen-bond donors (Lipinski definition) is 1. The molecule has 0 fully saturated rings. The summed E-state index contributed by atoms with van der Waals surface area (Å²) < 4.78 is 0.969. The van der Waals surface area contributed by atoms with Gasteiger partial charge in [-0.25, -0.2) is 0 Å². The van der Waals surface area contributed by atoms with Crippen LogP contribution in [0.25, 0.3) is 0 Å². The minimum Gasteiger partial charge on any atom is -0.371 e. The van der Waals surface area contributed by atoms with E-state index in [0.717, 1.165) is 16.6 Å². The van der Waals surface area contributed by atoms with Crippen LogP contribution in [0.1, 0.15) is 39.5 Å². The van der Waals surface area contributed by atoms with Crippen molar-refractivity contribution in [3.63, 3.8) is 0 Å². The first-order chi connectivity index (χ1) is 5.81. The van der Waals surface area contributed by atoms with Crippen molar-refractivity contribution in [1.82, 2.24) is 5.32 Å². The Morgan fingerprint density at radius 3 is 2.38 bits per heavy atom. The van der Waals surface area contributed by atoms with Crippen LogP contribution in [-0.2, 0) is 22.4 Å². The van der Waals surface area contributed by atoms with Crippen LogP contribution in [-0.4, -0.2) is 16.6 Å². The van der Waals surface area contributed by atoms with Crippen LogP contribution in [0.4, 0.5) is 0 Å². The van der Waals surface area contributed by atoms with Gasteiger partial charge >= 0.3 is 0 Å². The first kappa shape index (κ1) is 16.4. The summed E-state index contributed by atoms with van der Waals surface area (Å²) in [7, 11) is 0. The molecule has 0 saturated heterocycles. The van der Waals surface area contributed by atoms with E-state index in [1.54, 1.807) is 11.8 Å². The smallest absolute Gasteiger partial charge is 0.133 e. The fourth-order valence-electron chi connectivity index (χ4n) is 0.727. The van der Waals surface area contributed by atoms with E-state index in [4.69, 9.17) is 12.2 Å². The fourth-order valence-corrected chi connectivity index (χ4v) is 1.90. The molecule has 0 atom stereocenters. The summed E-state index contributed by atoms with van der Waals surface area (Å²) in [6.07, 6.45) is 4.97. The predicted molar refractivity (Wildman–Crippen MR) is 62.9 cm³/mol. The number of hydrogen-bond acceptors (Lipinski definition) is 2. The van der Waals surface area contributed by atoms with Crippen molar-refractivity contribution in [2.75, 3.05) is 12.3 Å². The van der Waals surface area contributed by atoms with Gasteiger partial charge in [0.2, 0.25) is 0 Å². The third-order valence-corrected chi connectivity index (χ3v) is 2.93. The Bertz CT molecular complexity index is 108. The van der Waals surface area contributed by atoms with E-state index in [1.165, 1.54) is 25.7 Å². The second-order valence-corrected chi connectivity index (χ2v) is 4.54. The molecule has 1 N–H and O–H groups in total. The van der Waals surface area contributed by atoms with Crippen LogP contribution < -0.4 is 5.32 Å². The molecule has 0 rings (SSSR count). The van der Waals surface area contributed by atoms with E-state index < -0.39 is 0 Å². The number of thiocarbonyl (C=S) groups is 1. The van der Waals surface area contributed by atoms with Crippen LogP contribution in [0.3, 0.4) is 0 Å². The van der Waals surface area contributed by atoms with Crippen molar-refractivity contribution >= 4 is 28.3 Å². The molecule has 0 unspecified atom stereocenters. The van der Waals surface area contributed by atoms with Gasteiger partial charge in [-0.2, -0.15) is 0 Å². The molecule has 0 aliphatic carbocycles. The van der Waals surface area contributed by atoms with E-state index in [-0.39, 0.29) is 22.4 Å². The van der Waals surface area contributed by atoms with Crippen LogP contribution in [0, 0.1) is 0 Å². The molecule has 0 amide bonds. The maximum atomic E-state index is 5.13. The molecular formula is C9H19AgNS2. The molecule has 0 bridgehead atoms. The molecule has 0 aromatic carbocycles. The van der Waals surface area contributed by atoms with Crippen LogP contribution in [0.5, 0.6) is 0 Å². The van der Waals surface area contributed by atoms with Crippen LogP contribution in [0.2, 0.25) is 0 Å². The molecule has 13 heavy (non-hydrogen) atoms. The van der Waals surface area contributed by atoms with E-state index in [9.17, 15) is 0 Å². The van der Waals surface area contributed by atoms with E-state index in [0.29, 0.717) is 0 Å². The zero-order valence-corrected chi connectivity index (χ0v) is 11.5. The summed E-state index contributed by atoms with van der Waals surface area (Å²) in [5, 5.41) is 3.24. The Hall–Kier alpha value is 0.980. The monoisotopic (exact) mass is 312 g/mol. The van der Waals surface area contributed by atoms with Crippen molar-refractivity contribution in [1.29, 1.82) is 0 Å². The molecule has 1 nitrogen and oxygen atoms in total. The van der Waals surface area contributed by atoms with Gasteiger partial charge in [0, 0.05) is 34.7 Å². The summed E-state index contributed by atoms with van der Waals surface area (Å²) in [6, 6.07) is 0. The average Bonchev–Trinajstić information content (AvgIpc) is 2.06. The van der Waals surface area contributed by atoms with Gasteiger partial charge in [-0.1, -0.05) is 50.7 Å². The summed E-state index contributed by atoms with van der Waals surface area (Å²) >= 11 is 6.90. The normalized spacial score (nSPS) is 9.08. The van der Waals surface area contributed by atoms with Crippen molar-refractivity contribution in [3.05, 3.63) is 0 Å². The van der Waals surface area contributed by atoms with E-state index in [2.05, 4.69) is 19.2 Å². The largest absolute Gasteiger partial charge is 0.371 e. The van der Waals surface area contributed by atoms with Crippen molar-refractivity contribution < 1.29 is 22.4 Å². The minimum atomic E-state index is 0. The molecule has 0 aliphatic rings. The maximum Gasteiger partial charge on any atom is 0.133 e. The Morgan fingerprint density at radius 2 is 1.85 bits per heavy atom. The van der Waals surface area contributed by atoms with Gasteiger partial charge in [-0.05, 0) is 12.8 Å². The third-order valence-electron chi connectivity index (χ3n) is 1.53. The molecule has 0 spiro atoms. The molecule has 83 valence electrons. The zero-order valence-electron chi connectivity index (χ0n) is 8.36. The second kappa shape index (κ2) is 13.0. The summed E-state index contributed by atoms with van der Waals surface area (Å²) in [6.45, 7) is 5.43. The zero-order chi connectivity index (χ0) is 9.23. The van der Waals surface area contributed by atoms with Gasteiger partial charge in [-0.3, -0.25) is 0 Å². The SMILES string of the molecule is CCCCNC(=S)SCCCC.[Ag]. The van der Waals surface area contributed by atoms with Crippen LogP contribution in [0.15, 0.2) is 0 Å². The quantitative estimate of drug-likeness (QED) is 0.459. The summed E-state index contributed by atoms with van der Waals surface area (Å²) in [4.78, 5) is 0. The second-order valence-electron chi connectivity index (χ2n) is 2.77. The third kappa shape index (κ3) is 13.0. The topological polar surface area (TPSA) is 12.0 Å². The minimum absolute atomic E-state index is 0. The van der Waals surface area contributed by atoms with Crippen molar-refractivity contribution in [3.8, 4) is 0 Å². The first-order valence-corrected chi connectivity index (χ1v) is 6.11. The molecule has 0 aromatic rings. The predicted octanol–water partition coefficient (Wildman–Crippen LogP) is 3.19. The number of rotatable bonds is 6. The maximum absolute atomic E-state index is 5.13. The summed E-state index contributed by atoms with van der Waals surface area (Å²) in [5.74, 6) is 1.16.